The van der Waals surface area contributed by atoms with E-state index in [1.165, 1.54) is 0 Å². The number of amides is 1. The van der Waals surface area contributed by atoms with E-state index in [4.69, 9.17) is 27.9 Å². The predicted molar refractivity (Wildman–Crippen MR) is 110 cm³/mol. The number of benzene rings is 2. The number of fused-ring (bicyclic) bond motifs is 1. The summed E-state index contributed by atoms with van der Waals surface area (Å²) >= 11 is 12.1. The molecular weight excluding hydrogens is 399 g/mol. The minimum atomic E-state index is -0.269. The van der Waals surface area contributed by atoms with Gasteiger partial charge in [-0.15, -0.1) is 0 Å². The third kappa shape index (κ3) is 4.16. The molecule has 1 fully saturated rings. The molecule has 0 unspecified atom stereocenters. The first-order valence-corrected chi connectivity index (χ1v) is 9.77. The van der Waals surface area contributed by atoms with Gasteiger partial charge in [0.2, 0.25) is 5.91 Å². The molecular formula is C21H18Cl2N2O3. The first kappa shape index (κ1) is 18.8. The number of carbonyl (C=O) groups is 2. The Hall–Kier alpha value is -2.50. The third-order valence-electron chi connectivity index (χ3n) is 4.90. The third-order valence-corrected chi connectivity index (χ3v) is 5.64. The molecule has 1 saturated heterocycles. The molecule has 28 heavy (non-hydrogen) atoms. The van der Waals surface area contributed by atoms with Crippen LogP contribution in [0, 0.1) is 0 Å². The van der Waals surface area contributed by atoms with Gasteiger partial charge in [0.1, 0.15) is 5.75 Å². The number of nitrogens with one attached hydrogen (secondary N) is 1. The summed E-state index contributed by atoms with van der Waals surface area (Å²) in [6.45, 7) is 1.62. The van der Waals surface area contributed by atoms with E-state index in [0.717, 1.165) is 42.8 Å². The second-order valence-corrected chi connectivity index (χ2v) is 7.67. The van der Waals surface area contributed by atoms with Crippen molar-refractivity contribution in [1.82, 2.24) is 0 Å². The lowest BCUT2D eigenvalue weighted by Crippen LogP contribution is -2.30. The first-order chi connectivity index (χ1) is 13.5. The average Bonchev–Trinajstić information content (AvgIpc) is 3.04. The Balaban J connectivity index is 1.35. The number of anilines is 2. The van der Waals surface area contributed by atoms with Crippen LogP contribution in [0.15, 0.2) is 48.0 Å². The highest BCUT2D eigenvalue weighted by molar-refractivity contribution is 6.42. The fraction of sp³-hybridized carbons (Fsp3) is 0.238. The quantitative estimate of drug-likeness (QED) is 0.450. The summed E-state index contributed by atoms with van der Waals surface area (Å²) < 4.78 is 5.12. The van der Waals surface area contributed by atoms with E-state index in [1.807, 2.05) is 12.1 Å². The van der Waals surface area contributed by atoms with E-state index in [2.05, 4.69) is 10.2 Å². The van der Waals surface area contributed by atoms with Gasteiger partial charge >= 0.3 is 5.97 Å². The molecule has 0 saturated carbocycles. The number of nitrogens with zero attached hydrogens (tertiary/aromatic N) is 1. The summed E-state index contributed by atoms with van der Waals surface area (Å²) in [5, 5.41) is 3.92. The monoisotopic (exact) mass is 416 g/mol. The van der Waals surface area contributed by atoms with E-state index in [-0.39, 0.29) is 18.3 Å². The van der Waals surface area contributed by atoms with Crippen molar-refractivity contribution in [2.24, 2.45) is 0 Å². The Morgan fingerprint density at radius 2 is 1.86 bits per heavy atom. The molecule has 0 spiro atoms. The molecule has 0 aromatic heterocycles. The maximum Gasteiger partial charge on any atom is 0.315 e. The van der Waals surface area contributed by atoms with Crippen molar-refractivity contribution >= 4 is 46.5 Å². The minimum Gasteiger partial charge on any atom is -0.426 e. The van der Waals surface area contributed by atoms with Gasteiger partial charge in [-0.1, -0.05) is 34.8 Å². The van der Waals surface area contributed by atoms with Crippen LogP contribution < -0.4 is 15.0 Å². The van der Waals surface area contributed by atoms with Gasteiger partial charge in [0, 0.05) is 42.2 Å². The Kier molecular flexibility index (Phi) is 5.29. The van der Waals surface area contributed by atoms with Crippen LogP contribution in [0.2, 0.25) is 10.0 Å². The van der Waals surface area contributed by atoms with Crippen molar-refractivity contribution in [1.29, 1.82) is 0 Å². The molecule has 0 aliphatic carbocycles. The van der Waals surface area contributed by atoms with Gasteiger partial charge < -0.3 is 15.0 Å². The number of ether oxygens (including phenoxy) is 1. The van der Waals surface area contributed by atoms with Gasteiger partial charge in [0.15, 0.2) is 0 Å². The van der Waals surface area contributed by atoms with Gasteiger partial charge in [0.25, 0.3) is 0 Å². The molecule has 2 aromatic rings. The lowest BCUT2D eigenvalue weighted by molar-refractivity contribution is -0.131. The molecule has 144 valence electrons. The van der Waals surface area contributed by atoms with Gasteiger partial charge in [-0.25, -0.2) is 0 Å². The van der Waals surface area contributed by atoms with Crippen molar-refractivity contribution in [2.75, 3.05) is 23.3 Å². The highest BCUT2D eigenvalue weighted by atomic mass is 35.5. The zero-order valence-electron chi connectivity index (χ0n) is 15.0. The molecule has 0 atom stereocenters. The fourth-order valence-electron chi connectivity index (χ4n) is 3.43. The van der Waals surface area contributed by atoms with Crippen molar-refractivity contribution < 1.29 is 14.3 Å². The molecule has 0 radical (unpaired) electrons. The van der Waals surface area contributed by atoms with Crippen molar-refractivity contribution in [3.05, 3.63) is 63.7 Å². The van der Waals surface area contributed by atoms with E-state index in [9.17, 15) is 9.59 Å². The minimum absolute atomic E-state index is 0.178. The predicted octanol–water partition coefficient (Wildman–Crippen LogP) is 4.62. The van der Waals surface area contributed by atoms with Crippen molar-refractivity contribution in [3.8, 4) is 5.75 Å². The van der Waals surface area contributed by atoms with Crippen LogP contribution in [-0.2, 0) is 16.0 Å². The topological polar surface area (TPSA) is 58.6 Å². The van der Waals surface area contributed by atoms with Gasteiger partial charge in [-0.05, 0) is 37.1 Å². The summed E-state index contributed by atoms with van der Waals surface area (Å²) in [7, 11) is 0. The van der Waals surface area contributed by atoms with Crippen molar-refractivity contribution in [2.45, 2.75) is 19.3 Å². The number of hydrogen-bond donors (Lipinski definition) is 1. The second-order valence-electron chi connectivity index (χ2n) is 6.85. The highest BCUT2D eigenvalue weighted by Crippen LogP contribution is 2.30. The Labute approximate surface area is 172 Å². The van der Waals surface area contributed by atoms with Gasteiger partial charge in [0.05, 0.1) is 16.5 Å². The number of carbonyl (C=O) groups excluding carboxylic acids is 2. The summed E-state index contributed by atoms with van der Waals surface area (Å²) in [5.41, 5.74) is 3.59. The number of esters is 1. The number of rotatable bonds is 3. The summed E-state index contributed by atoms with van der Waals surface area (Å²) in [4.78, 5) is 25.9. The zero-order valence-corrected chi connectivity index (χ0v) is 16.5. The zero-order chi connectivity index (χ0) is 19.7. The standard InChI is InChI=1S/C21H18Cl2N2O3/c22-17-4-3-16(12-18(17)23)25-7-5-13(6-8-25)9-20(26)24-15-2-1-14-10-21(27)28-19(14)11-15/h1-4,9,11-12H,5-8,10H2,(H,24,26). The second kappa shape index (κ2) is 7.86. The molecule has 0 bridgehead atoms. The molecule has 5 nitrogen and oxygen atoms in total. The van der Waals surface area contributed by atoms with Crippen LogP contribution in [0.3, 0.4) is 0 Å². The first-order valence-electron chi connectivity index (χ1n) is 9.02. The SMILES string of the molecule is O=C(C=C1CCN(c2ccc(Cl)c(Cl)c2)CC1)Nc1ccc2c(c1)OC(=O)C2. The van der Waals surface area contributed by atoms with Crippen LogP contribution in [0.4, 0.5) is 11.4 Å². The normalized spacial score (nSPS) is 15.9. The van der Waals surface area contributed by atoms with Gasteiger partial charge in [-0.3, -0.25) is 9.59 Å². The molecule has 1 N–H and O–H groups in total. The van der Waals surface area contributed by atoms with Crippen LogP contribution >= 0.6 is 23.2 Å². The molecule has 7 heteroatoms. The van der Waals surface area contributed by atoms with E-state index in [1.54, 1.807) is 30.3 Å². The number of halogens is 2. The van der Waals surface area contributed by atoms with E-state index < -0.39 is 0 Å². The summed E-state index contributed by atoms with van der Waals surface area (Å²) in [5.74, 6) is 0.0713. The number of hydrogen-bond acceptors (Lipinski definition) is 4. The molecule has 1 amide bonds. The summed E-state index contributed by atoms with van der Waals surface area (Å²) in [6.07, 6.45) is 3.54. The van der Waals surface area contributed by atoms with Gasteiger partial charge in [-0.2, -0.15) is 0 Å². The smallest absolute Gasteiger partial charge is 0.315 e. The lowest BCUT2D eigenvalue weighted by Gasteiger charge is -2.30. The van der Waals surface area contributed by atoms with E-state index >= 15 is 0 Å². The molecule has 2 aliphatic heterocycles. The maximum atomic E-state index is 12.3. The maximum absolute atomic E-state index is 12.3. The van der Waals surface area contributed by atoms with Crippen LogP contribution in [0.25, 0.3) is 0 Å². The fourth-order valence-corrected chi connectivity index (χ4v) is 3.72. The lowest BCUT2D eigenvalue weighted by atomic mass is 10.0. The van der Waals surface area contributed by atoms with Crippen LogP contribution in [0.1, 0.15) is 18.4 Å². The Morgan fingerprint density at radius 3 is 2.61 bits per heavy atom. The van der Waals surface area contributed by atoms with Crippen molar-refractivity contribution in [3.63, 3.8) is 0 Å². The highest BCUT2D eigenvalue weighted by Gasteiger charge is 2.21. The number of piperidine rings is 1. The summed E-state index contributed by atoms with van der Waals surface area (Å²) in [6, 6.07) is 10.9. The molecule has 2 heterocycles. The van der Waals surface area contributed by atoms with Crippen LogP contribution in [-0.4, -0.2) is 25.0 Å². The molecule has 4 rings (SSSR count). The van der Waals surface area contributed by atoms with E-state index in [0.29, 0.717) is 21.5 Å². The Bertz CT molecular complexity index is 978. The largest absolute Gasteiger partial charge is 0.426 e. The average molecular weight is 417 g/mol. The van der Waals surface area contributed by atoms with Crippen LogP contribution in [0.5, 0.6) is 5.75 Å². The molecule has 2 aromatic carbocycles. The molecule has 2 aliphatic rings. The Morgan fingerprint density at radius 1 is 1.07 bits per heavy atom.